The lowest BCUT2D eigenvalue weighted by Gasteiger charge is -2.08. The lowest BCUT2D eigenvalue weighted by molar-refractivity contribution is -0.595. The van der Waals surface area contributed by atoms with Gasteiger partial charge in [0, 0.05) is 11.6 Å². The van der Waals surface area contributed by atoms with Crippen LogP contribution in [-0.4, -0.2) is 12.6 Å². The largest absolute Gasteiger partial charge is 0.618 e. The number of pyridine rings is 1. The van der Waals surface area contributed by atoms with Crippen molar-refractivity contribution in [2.45, 2.75) is 6.92 Å². The molecule has 0 aliphatic heterocycles. The number of aromatic nitrogens is 1. The van der Waals surface area contributed by atoms with Gasteiger partial charge in [-0.25, -0.2) is 9.18 Å². The predicted octanol–water partition coefficient (Wildman–Crippen LogP) is 2.44. The van der Waals surface area contributed by atoms with Crippen LogP contribution in [0.2, 0.25) is 0 Å². The van der Waals surface area contributed by atoms with Gasteiger partial charge in [-0.1, -0.05) is 0 Å². The van der Waals surface area contributed by atoms with Gasteiger partial charge in [0.05, 0.1) is 6.61 Å². The Morgan fingerprint density at radius 3 is 2.55 bits per heavy atom. The molecule has 0 atom stereocenters. The monoisotopic (exact) mass is 279 g/mol. The first kappa shape index (κ1) is 13.9. The number of halogens is 2. The summed E-state index contributed by atoms with van der Waals surface area (Å²) in [6, 6.07) is 6.16. The second kappa shape index (κ2) is 5.64. The number of rotatable bonds is 3. The second-order valence-electron chi connectivity index (χ2n) is 3.97. The molecule has 4 nitrogen and oxygen atoms in total. The number of carbonyl (C=O) groups excluding carboxylic acids is 1. The smallest absolute Gasteiger partial charge is 0.341 e. The van der Waals surface area contributed by atoms with E-state index < -0.39 is 17.6 Å². The molecule has 0 amide bonds. The molecule has 0 aliphatic carbocycles. The molecule has 1 heterocycles. The highest BCUT2D eigenvalue weighted by Gasteiger charge is 2.20. The summed E-state index contributed by atoms with van der Waals surface area (Å²) in [5.74, 6) is -2.28. The molecule has 0 spiro atoms. The first-order valence-corrected chi connectivity index (χ1v) is 5.88. The highest BCUT2D eigenvalue weighted by molar-refractivity contribution is 5.90. The third-order valence-electron chi connectivity index (χ3n) is 2.64. The summed E-state index contributed by atoms with van der Waals surface area (Å²) in [5, 5.41) is 11.7. The van der Waals surface area contributed by atoms with Crippen LogP contribution in [-0.2, 0) is 4.74 Å². The zero-order chi connectivity index (χ0) is 14.7. The number of carbonyl (C=O) groups is 1. The van der Waals surface area contributed by atoms with Crippen molar-refractivity contribution in [2.75, 3.05) is 6.61 Å². The maximum absolute atomic E-state index is 13.6. The lowest BCUT2D eigenvalue weighted by Crippen LogP contribution is -2.30. The Balaban J connectivity index is 2.51. The number of ether oxygens (including phenoxy) is 1. The van der Waals surface area contributed by atoms with Crippen molar-refractivity contribution in [1.82, 2.24) is 0 Å². The summed E-state index contributed by atoms with van der Waals surface area (Å²) in [6.07, 6.45) is 0.644. The fourth-order valence-electron chi connectivity index (χ4n) is 1.71. The summed E-state index contributed by atoms with van der Waals surface area (Å²) < 4.78 is 31.4. The summed E-state index contributed by atoms with van der Waals surface area (Å²) in [7, 11) is 0. The van der Waals surface area contributed by atoms with Crippen LogP contribution in [0.5, 0.6) is 0 Å². The summed E-state index contributed by atoms with van der Waals surface area (Å²) >= 11 is 0. The average molecular weight is 279 g/mol. The standard InChI is InChI=1S/C14H11F2NO3/c1-2-20-14(18)11-7-13(17(19)8-12(11)16)9-3-5-10(15)6-4-9/h3-8H,2H2,1H3. The molecule has 0 bridgehead atoms. The molecule has 2 rings (SSSR count). The van der Waals surface area contributed by atoms with E-state index >= 15 is 0 Å². The Kier molecular flexibility index (Phi) is 3.93. The van der Waals surface area contributed by atoms with Crippen LogP contribution in [0.25, 0.3) is 11.3 Å². The molecule has 0 fully saturated rings. The highest BCUT2D eigenvalue weighted by atomic mass is 19.1. The van der Waals surface area contributed by atoms with Gasteiger partial charge < -0.3 is 9.94 Å². The van der Waals surface area contributed by atoms with Gasteiger partial charge in [0.25, 0.3) is 0 Å². The number of esters is 1. The molecule has 0 N–H and O–H groups in total. The van der Waals surface area contributed by atoms with E-state index in [1.54, 1.807) is 6.92 Å². The van der Waals surface area contributed by atoms with Crippen molar-refractivity contribution in [3.63, 3.8) is 0 Å². The van der Waals surface area contributed by atoms with E-state index in [0.29, 0.717) is 11.8 Å². The SMILES string of the molecule is CCOC(=O)c1cc(-c2ccc(F)cc2)[n+]([O-])cc1F. The third kappa shape index (κ3) is 2.74. The summed E-state index contributed by atoms with van der Waals surface area (Å²) in [4.78, 5) is 11.6. The average Bonchev–Trinajstić information content (AvgIpc) is 2.40. The molecule has 1 aromatic heterocycles. The molecule has 0 saturated heterocycles. The van der Waals surface area contributed by atoms with Gasteiger partial charge in [0.15, 0.2) is 0 Å². The zero-order valence-electron chi connectivity index (χ0n) is 10.6. The van der Waals surface area contributed by atoms with E-state index in [4.69, 9.17) is 4.74 Å². The molecule has 1 aromatic carbocycles. The van der Waals surface area contributed by atoms with Gasteiger partial charge in [-0.15, -0.1) is 0 Å². The van der Waals surface area contributed by atoms with E-state index in [1.165, 1.54) is 24.3 Å². The van der Waals surface area contributed by atoms with Crippen LogP contribution in [0.3, 0.4) is 0 Å². The first-order chi connectivity index (χ1) is 9.52. The molecule has 0 saturated carbocycles. The molecule has 2 aromatic rings. The number of benzene rings is 1. The normalized spacial score (nSPS) is 10.3. The van der Waals surface area contributed by atoms with Gasteiger partial charge in [0.1, 0.15) is 11.4 Å². The van der Waals surface area contributed by atoms with Gasteiger partial charge in [-0.3, -0.25) is 0 Å². The fraction of sp³-hybridized carbons (Fsp3) is 0.143. The van der Waals surface area contributed by atoms with Gasteiger partial charge in [-0.2, -0.15) is 9.12 Å². The molecule has 20 heavy (non-hydrogen) atoms. The molecule has 0 aliphatic rings. The van der Waals surface area contributed by atoms with Crippen LogP contribution >= 0.6 is 0 Å². The molecular formula is C14H11F2NO3. The van der Waals surface area contributed by atoms with E-state index in [1.807, 2.05) is 0 Å². The Morgan fingerprint density at radius 1 is 1.30 bits per heavy atom. The van der Waals surface area contributed by atoms with E-state index in [-0.39, 0.29) is 22.6 Å². The van der Waals surface area contributed by atoms with Crippen molar-refractivity contribution >= 4 is 5.97 Å². The second-order valence-corrected chi connectivity index (χ2v) is 3.97. The lowest BCUT2D eigenvalue weighted by atomic mass is 10.1. The predicted molar refractivity (Wildman–Crippen MR) is 66.7 cm³/mol. The van der Waals surface area contributed by atoms with Crippen molar-refractivity contribution < 1.29 is 23.0 Å². The number of hydrogen-bond donors (Lipinski definition) is 0. The zero-order valence-corrected chi connectivity index (χ0v) is 10.6. The van der Waals surface area contributed by atoms with Crippen LogP contribution < -0.4 is 4.73 Å². The van der Waals surface area contributed by atoms with Gasteiger partial charge in [0.2, 0.25) is 17.7 Å². The molecule has 0 radical (unpaired) electrons. The van der Waals surface area contributed by atoms with Crippen LogP contribution in [0.4, 0.5) is 8.78 Å². The molecule has 6 heteroatoms. The molecule has 0 unspecified atom stereocenters. The first-order valence-electron chi connectivity index (χ1n) is 5.88. The topological polar surface area (TPSA) is 53.2 Å². The van der Waals surface area contributed by atoms with E-state index in [0.717, 1.165) is 6.07 Å². The number of hydrogen-bond acceptors (Lipinski definition) is 3. The number of nitrogens with zero attached hydrogens (tertiary/aromatic N) is 1. The van der Waals surface area contributed by atoms with Crippen LogP contribution in [0.1, 0.15) is 17.3 Å². The maximum Gasteiger partial charge on any atom is 0.341 e. The molecule has 104 valence electrons. The van der Waals surface area contributed by atoms with Crippen LogP contribution in [0.15, 0.2) is 36.5 Å². The maximum atomic E-state index is 13.6. The Hall–Kier alpha value is -2.50. The van der Waals surface area contributed by atoms with Gasteiger partial charge in [-0.05, 0) is 31.2 Å². The summed E-state index contributed by atoms with van der Waals surface area (Å²) in [6.45, 7) is 1.68. The van der Waals surface area contributed by atoms with Crippen molar-refractivity contribution in [3.05, 3.63) is 58.9 Å². The highest BCUT2D eigenvalue weighted by Crippen LogP contribution is 2.19. The Morgan fingerprint density at radius 2 is 1.95 bits per heavy atom. The van der Waals surface area contributed by atoms with Crippen molar-refractivity contribution in [3.8, 4) is 11.3 Å². The fourth-order valence-corrected chi connectivity index (χ4v) is 1.71. The van der Waals surface area contributed by atoms with Crippen LogP contribution in [0, 0.1) is 16.8 Å². The minimum Gasteiger partial charge on any atom is -0.618 e. The molecular weight excluding hydrogens is 268 g/mol. The minimum atomic E-state index is -0.968. The quantitative estimate of drug-likeness (QED) is 0.492. The Bertz CT molecular complexity index is 642. The van der Waals surface area contributed by atoms with Crippen molar-refractivity contribution in [2.24, 2.45) is 0 Å². The Labute approximate surface area is 113 Å². The minimum absolute atomic E-state index is 0.0365. The van der Waals surface area contributed by atoms with Gasteiger partial charge >= 0.3 is 5.97 Å². The van der Waals surface area contributed by atoms with E-state index in [2.05, 4.69) is 0 Å². The van der Waals surface area contributed by atoms with Crippen molar-refractivity contribution in [1.29, 1.82) is 0 Å². The summed E-state index contributed by atoms with van der Waals surface area (Å²) in [5.41, 5.74) is 0.0691. The van der Waals surface area contributed by atoms with E-state index in [9.17, 15) is 18.8 Å². The third-order valence-corrected chi connectivity index (χ3v) is 2.64.